The predicted molar refractivity (Wildman–Crippen MR) is 131 cm³/mol. The van der Waals surface area contributed by atoms with Crippen molar-refractivity contribution in [1.82, 2.24) is 19.2 Å². The molecule has 1 N–H and O–H groups in total. The van der Waals surface area contributed by atoms with Crippen molar-refractivity contribution in [2.45, 2.75) is 30.8 Å². The number of nitrogens with one attached hydrogen (secondary N) is 1. The lowest BCUT2D eigenvalue weighted by Crippen LogP contribution is -2.28. The number of sulfonamides is 1. The van der Waals surface area contributed by atoms with E-state index in [1.54, 1.807) is 12.1 Å². The van der Waals surface area contributed by atoms with Crippen molar-refractivity contribution in [2.24, 2.45) is 0 Å². The zero-order valence-corrected chi connectivity index (χ0v) is 19.5. The summed E-state index contributed by atoms with van der Waals surface area (Å²) >= 11 is 0. The van der Waals surface area contributed by atoms with Crippen LogP contribution in [-0.2, 0) is 23.1 Å². The Labute approximate surface area is 199 Å². The third kappa shape index (κ3) is 4.60. The molecule has 2 heterocycles. The molecule has 0 saturated carbocycles. The molecular formula is C26H26N4O3S. The lowest BCUT2D eigenvalue weighted by atomic mass is 10.1. The second-order valence-electron chi connectivity index (χ2n) is 8.50. The number of hydrogen-bond acceptors (Lipinski definition) is 4. The van der Waals surface area contributed by atoms with E-state index >= 15 is 0 Å². The molecule has 0 unspecified atom stereocenters. The summed E-state index contributed by atoms with van der Waals surface area (Å²) in [4.78, 5) is 17.2. The van der Waals surface area contributed by atoms with Gasteiger partial charge in [0.1, 0.15) is 0 Å². The van der Waals surface area contributed by atoms with E-state index in [1.807, 2.05) is 48.8 Å². The van der Waals surface area contributed by atoms with E-state index in [1.165, 1.54) is 16.4 Å². The van der Waals surface area contributed by atoms with Crippen LogP contribution in [0.15, 0.2) is 84.0 Å². The minimum atomic E-state index is -3.48. The third-order valence-electron chi connectivity index (χ3n) is 6.18. The van der Waals surface area contributed by atoms with Crippen molar-refractivity contribution in [3.8, 4) is 0 Å². The first kappa shape index (κ1) is 22.3. The summed E-state index contributed by atoms with van der Waals surface area (Å²) in [5.41, 5.74) is 4.64. The van der Waals surface area contributed by atoms with Gasteiger partial charge in [0.15, 0.2) is 0 Å². The fourth-order valence-corrected chi connectivity index (χ4v) is 5.75. The van der Waals surface area contributed by atoms with Crippen LogP contribution in [0.2, 0.25) is 0 Å². The van der Waals surface area contributed by atoms with Gasteiger partial charge >= 0.3 is 0 Å². The van der Waals surface area contributed by atoms with Crippen molar-refractivity contribution < 1.29 is 13.2 Å². The first-order valence-corrected chi connectivity index (χ1v) is 12.8. The van der Waals surface area contributed by atoms with Crippen molar-refractivity contribution in [3.63, 3.8) is 0 Å². The molecule has 8 heteroatoms. The number of aromatic nitrogens is 2. The number of benzene rings is 3. The second-order valence-corrected chi connectivity index (χ2v) is 10.4. The highest BCUT2D eigenvalue weighted by atomic mass is 32.2. The number of imidazole rings is 1. The van der Waals surface area contributed by atoms with E-state index in [9.17, 15) is 13.2 Å². The van der Waals surface area contributed by atoms with Gasteiger partial charge in [-0.2, -0.15) is 4.31 Å². The molecule has 34 heavy (non-hydrogen) atoms. The van der Waals surface area contributed by atoms with Crippen LogP contribution < -0.4 is 5.32 Å². The van der Waals surface area contributed by atoms with Gasteiger partial charge in [0.2, 0.25) is 10.0 Å². The fourth-order valence-electron chi connectivity index (χ4n) is 4.24. The van der Waals surface area contributed by atoms with Gasteiger partial charge in [-0.3, -0.25) is 4.79 Å². The normalized spacial score (nSPS) is 14.5. The molecule has 1 amide bonds. The molecule has 0 radical (unpaired) electrons. The maximum Gasteiger partial charge on any atom is 0.251 e. The molecule has 7 nitrogen and oxygen atoms in total. The van der Waals surface area contributed by atoms with Gasteiger partial charge < -0.3 is 9.88 Å². The Balaban J connectivity index is 1.18. The maximum absolute atomic E-state index is 12.6. The Bertz CT molecular complexity index is 1400. The Morgan fingerprint density at radius 2 is 1.56 bits per heavy atom. The van der Waals surface area contributed by atoms with E-state index in [4.69, 9.17) is 0 Å². The molecule has 1 fully saturated rings. The zero-order valence-electron chi connectivity index (χ0n) is 18.7. The molecule has 0 atom stereocenters. The van der Waals surface area contributed by atoms with Crippen LogP contribution in [0.3, 0.4) is 0 Å². The van der Waals surface area contributed by atoms with Crippen LogP contribution >= 0.6 is 0 Å². The summed E-state index contributed by atoms with van der Waals surface area (Å²) in [7, 11) is -3.48. The Morgan fingerprint density at radius 1 is 0.882 bits per heavy atom. The van der Waals surface area contributed by atoms with Crippen LogP contribution in [0, 0.1) is 0 Å². The Morgan fingerprint density at radius 3 is 2.29 bits per heavy atom. The average molecular weight is 475 g/mol. The highest BCUT2D eigenvalue weighted by Crippen LogP contribution is 2.21. The quantitative estimate of drug-likeness (QED) is 0.442. The van der Waals surface area contributed by atoms with Crippen molar-refractivity contribution in [3.05, 3.63) is 95.8 Å². The third-order valence-corrected chi connectivity index (χ3v) is 8.09. The minimum Gasteiger partial charge on any atom is -0.348 e. The number of carbonyl (C=O) groups excluding carboxylic acids is 1. The molecule has 0 aliphatic carbocycles. The lowest BCUT2D eigenvalue weighted by molar-refractivity contribution is 0.0951. The number of rotatable bonds is 7. The van der Waals surface area contributed by atoms with Gasteiger partial charge in [0.05, 0.1) is 22.3 Å². The highest BCUT2D eigenvalue weighted by Gasteiger charge is 2.27. The summed E-state index contributed by atoms with van der Waals surface area (Å²) in [6.07, 6.45) is 3.63. The SMILES string of the molecule is O=C(NCc1ccc(Cn2cnc3ccccc32)cc1)c1ccc(S(=O)(=O)N2CCCC2)cc1. The minimum absolute atomic E-state index is 0.229. The van der Waals surface area contributed by atoms with Crippen molar-refractivity contribution in [1.29, 1.82) is 0 Å². The number of hydrogen-bond donors (Lipinski definition) is 1. The van der Waals surface area contributed by atoms with Crippen LogP contribution in [0.25, 0.3) is 11.0 Å². The standard InChI is InChI=1S/C26H26N4O3S/c31-26(22-11-13-23(14-12-22)34(32,33)30-15-3-4-16-30)27-17-20-7-9-21(10-8-20)18-29-19-28-24-5-1-2-6-25(24)29/h1-2,5-14,19H,3-4,15-18H2,(H,27,31). The van der Waals surface area contributed by atoms with Crippen molar-refractivity contribution in [2.75, 3.05) is 13.1 Å². The Hall–Kier alpha value is -3.49. The van der Waals surface area contributed by atoms with Crippen LogP contribution in [0.5, 0.6) is 0 Å². The monoisotopic (exact) mass is 474 g/mol. The number of amides is 1. The van der Waals surface area contributed by atoms with Gasteiger partial charge in [-0.25, -0.2) is 13.4 Å². The first-order valence-electron chi connectivity index (χ1n) is 11.4. The summed E-state index contributed by atoms with van der Waals surface area (Å²) in [6, 6.07) is 22.3. The average Bonchev–Trinajstić information content (AvgIpc) is 3.55. The number of carbonyl (C=O) groups is 1. The lowest BCUT2D eigenvalue weighted by Gasteiger charge is -2.15. The number of nitrogens with zero attached hydrogens (tertiary/aromatic N) is 3. The van der Waals surface area contributed by atoms with E-state index in [-0.39, 0.29) is 10.8 Å². The smallest absolute Gasteiger partial charge is 0.251 e. The molecule has 1 aliphatic heterocycles. The fraction of sp³-hybridized carbons (Fsp3) is 0.231. The molecule has 1 saturated heterocycles. The second kappa shape index (κ2) is 9.40. The van der Waals surface area contributed by atoms with Gasteiger partial charge in [-0.05, 0) is 60.4 Å². The maximum atomic E-state index is 12.6. The largest absolute Gasteiger partial charge is 0.348 e. The van der Waals surface area contributed by atoms with E-state index in [0.29, 0.717) is 25.2 Å². The number of para-hydroxylation sites is 2. The van der Waals surface area contributed by atoms with Crippen LogP contribution in [0.4, 0.5) is 0 Å². The molecule has 174 valence electrons. The molecule has 5 rings (SSSR count). The molecule has 1 aromatic heterocycles. The molecule has 3 aromatic carbocycles. The predicted octanol–water partition coefficient (Wildman–Crippen LogP) is 3.80. The van der Waals surface area contributed by atoms with Gasteiger partial charge in [0.25, 0.3) is 5.91 Å². The van der Waals surface area contributed by atoms with Gasteiger partial charge in [-0.1, -0.05) is 36.4 Å². The van der Waals surface area contributed by atoms with Crippen LogP contribution in [0.1, 0.15) is 34.3 Å². The molecular weight excluding hydrogens is 448 g/mol. The molecule has 1 aliphatic rings. The topological polar surface area (TPSA) is 84.3 Å². The Kier molecular flexibility index (Phi) is 6.17. The van der Waals surface area contributed by atoms with Gasteiger partial charge in [0, 0.05) is 31.7 Å². The summed E-state index contributed by atoms with van der Waals surface area (Å²) < 4.78 is 28.9. The zero-order chi connectivity index (χ0) is 23.5. The molecule has 0 bridgehead atoms. The first-order chi connectivity index (χ1) is 16.5. The summed E-state index contributed by atoms with van der Waals surface area (Å²) in [6.45, 7) is 2.23. The molecule has 4 aromatic rings. The van der Waals surface area contributed by atoms with Crippen LogP contribution in [-0.4, -0.2) is 41.3 Å². The van der Waals surface area contributed by atoms with E-state index in [0.717, 1.165) is 41.5 Å². The summed E-state index contributed by atoms with van der Waals surface area (Å²) in [5, 5.41) is 2.90. The molecule has 0 spiro atoms. The summed E-state index contributed by atoms with van der Waals surface area (Å²) in [5.74, 6) is -0.237. The van der Waals surface area contributed by atoms with Crippen molar-refractivity contribution >= 4 is 27.0 Å². The van der Waals surface area contributed by atoms with E-state index < -0.39 is 10.0 Å². The van der Waals surface area contributed by atoms with Gasteiger partial charge in [-0.15, -0.1) is 0 Å². The van der Waals surface area contributed by atoms with E-state index in [2.05, 4.69) is 20.9 Å². The number of fused-ring (bicyclic) bond motifs is 1. The highest BCUT2D eigenvalue weighted by molar-refractivity contribution is 7.89.